The van der Waals surface area contributed by atoms with E-state index >= 15 is 0 Å². The van der Waals surface area contributed by atoms with Crippen molar-refractivity contribution in [3.05, 3.63) is 57.6 Å². The number of hydrogen-bond donors (Lipinski definition) is 2. The van der Waals surface area contributed by atoms with Crippen LogP contribution in [-0.2, 0) is 6.18 Å². The maximum atomic E-state index is 13.2. The van der Waals surface area contributed by atoms with Crippen LogP contribution >= 0.6 is 22.9 Å². The Kier molecular flexibility index (Phi) is 5.81. The van der Waals surface area contributed by atoms with E-state index in [0.717, 1.165) is 10.9 Å². The van der Waals surface area contributed by atoms with Crippen molar-refractivity contribution in [2.24, 2.45) is 0 Å². The number of hydrogen-bond acceptors (Lipinski definition) is 5. The van der Waals surface area contributed by atoms with Crippen LogP contribution in [-0.4, -0.2) is 21.0 Å². The molecule has 0 atom stereocenters. The molecule has 2 N–H and O–H groups in total. The van der Waals surface area contributed by atoms with Gasteiger partial charge in [0, 0.05) is 16.6 Å². The predicted molar refractivity (Wildman–Crippen MR) is 106 cm³/mol. The molecule has 0 amide bonds. The second-order valence-electron chi connectivity index (χ2n) is 6.41. The lowest BCUT2D eigenvalue weighted by Crippen LogP contribution is -2.06. The Bertz CT molecular complexity index is 1070. The smallest absolute Gasteiger partial charge is 0.417 e. The van der Waals surface area contributed by atoms with Gasteiger partial charge in [-0.2, -0.15) is 13.2 Å². The van der Waals surface area contributed by atoms with Gasteiger partial charge in [0.05, 0.1) is 16.3 Å². The molecule has 5 nitrogen and oxygen atoms in total. The highest BCUT2D eigenvalue weighted by molar-refractivity contribution is 7.16. The first-order valence-corrected chi connectivity index (χ1v) is 9.60. The largest absolute Gasteiger partial charge is 0.478 e. The lowest BCUT2D eigenvalue weighted by Gasteiger charge is -2.11. The van der Waals surface area contributed by atoms with Crippen LogP contribution < -0.4 is 5.32 Å². The summed E-state index contributed by atoms with van der Waals surface area (Å²) in [6.45, 7) is 3.79. The Morgan fingerprint density at radius 3 is 2.62 bits per heavy atom. The number of carboxylic acids is 1. The molecule has 29 heavy (non-hydrogen) atoms. The van der Waals surface area contributed by atoms with Crippen LogP contribution in [0.2, 0.25) is 5.02 Å². The molecule has 0 saturated heterocycles. The SMILES string of the molecule is CC(C)c1sc(Nc2ncccc2C(=O)O)nc1-c1ccc(Cl)c(C(F)(F)F)c1. The molecule has 0 fully saturated rings. The second kappa shape index (κ2) is 8.00. The highest BCUT2D eigenvalue weighted by Gasteiger charge is 2.34. The summed E-state index contributed by atoms with van der Waals surface area (Å²) in [7, 11) is 0. The predicted octanol–water partition coefficient (Wildman–Crippen LogP) is 6.44. The van der Waals surface area contributed by atoms with Crippen molar-refractivity contribution in [1.29, 1.82) is 0 Å². The Labute approximate surface area is 173 Å². The monoisotopic (exact) mass is 441 g/mol. The van der Waals surface area contributed by atoms with Crippen molar-refractivity contribution < 1.29 is 23.1 Å². The summed E-state index contributed by atoms with van der Waals surface area (Å²) in [5.74, 6) is -1.08. The molecule has 0 saturated carbocycles. The number of nitrogens with zero attached hydrogens (tertiary/aromatic N) is 2. The molecule has 1 aromatic carbocycles. The van der Waals surface area contributed by atoms with E-state index in [4.69, 9.17) is 11.6 Å². The Hall–Kier alpha value is -2.65. The van der Waals surface area contributed by atoms with Crippen LogP contribution in [0.4, 0.5) is 24.1 Å². The zero-order chi connectivity index (χ0) is 21.3. The average molecular weight is 442 g/mol. The van der Waals surface area contributed by atoms with Crippen molar-refractivity contribution in [1.82, 2.24) is 9.97 Å². The Morgan fingerprint density at radius 2 is 2.00 bits per heavy atom. The molecular weight excluding hydrogens is 427 g/mol. The first kappa shape index (κ1) is 21.1. The molecule has 2 aromatic heterocycles. The third-order valence-electron chi connectivity index (χ3n) is 3.99. The van der Waals surface area contributed by atoms with Gasteiger partial charge in [-0.3, -0.25) is 0 Å². The van der Waals surface area contributed by atoms with Gasteiger partial charge in [-0.1, -0.05) is 31.5 Å². The normalized spacial score (nSPS) is 11.7. The number of rotatable bonds is 5. The molecule has 0 bridgehead atoms. The van der Waals surface area contributed by atoms with Gasteiger partial charge in [-0.05, 0) is 30.2 Å². The number of benzene rings is 1. The quantitative estimate of drug-likeness (QED) is 0.476. The van der Waals surface area contributed by atoms with Gasteiger partial charge >= 0.3 is 12.1 Å². The molecule has 0 aliphatic carbocycles. The number of alkyl halides is 3. The molecular formula is C19H15ClF3N3O2S. The van der Waals surface area contributed by atoms with Crippen LogP contribution in [0.15, 0.2) is 36.5 Å². The van der Waals surface area contributed by atoms with E-state index in [1.807, 2.05) is 13.8 Å². The number of anilines is 2. The van der Waals surface area contributed by atoms with E-state index in [9.17, 15) is 23.1 Å². The average Bonchev–Trinajstić information content (AvgIpc) is 3.05. The number of thiazole rings is 1. The molecule has 10 heteroatoms. The lowest BCUT2D eigenvalue weighted by atomic mass is 10.0. The van der Waals surface area contributed by atoms with Gasteiger partial charge in [-0.25, -0.2) is 14.8 Å². The molecule has 152 valence electrons. The Balaban J connectivity index is 2.07. The van der Waals surface area contributed by atoms with Crippen molar-refractivity contribution in [2.75, 3.05) is 5.32 Å². The van der Waals surface area contributed by atoms with Gasteiger partial charge in [0.15, 0.2) is 5.13 Å². The second-order valence-corrected chi connectivity index (χ2v) is 7.85. The number of carboxylic acid groups (broad SMARTS) is 1. The fraction of sp³-hybridized carbons (Fsp3) is 0.211. The Morgan fingerprint density at radius 1 is 1.28 bits per heavy atom. The topological polar surface area (TPSA) is 75.1 Å². The van der Waals surface area contributed by atoms with Crippen LogP contribution in [0.1, 0.15) is 40.6 Å². The van der Waals surface area contributed by atoms with Crippen molar-refractivity contribution in [3.8, 4) is 11.3 Å². The van der Waals surface area contributed by atoms with E-state index in [-0.39, 0.29) is 27.9 Å². The number of aromatic carboxylic acids is 1. The fourth-order valence-electron chi connectivity index (χ4n) is 2.65. The molecule has 0 aliphatic heterocycles. The summed E-state index contributed by atoms with van der Waals surface area (Å²) < 4.78 is 39.7. The standard InChI is InChI=1S/C19H15ClF3N3O2S/c1-9(2)15-14(10-5-6-13(20)12(8-10)19(21,22)23)25-18(29-15)26-16-11(17(27)28)4-3-7-24-16/h3-9H,1-2H3,(H,27,28)(H,24,25,26). The van der Waals surface area contributed by atoms with E-state index < -0.39 is 17.7 Å². The summed E-state index contributed by atoms with van der Waals surface area (Å²) >= 11 is 6.94. The van der Waals surface area contributed by atoms with Gasteiger partial charge in [0.25, 0.3) is 0 Å². The van der Waals surface area contributed by atoms with Gasteiger partial charge in [-0.15, -0.1) is 11.3 Å². The molecule has 3 rings (SSSR count). The minimum Gasteiger partial charge on any atom is -0.478 e. The van der Waals surface area contributed by atoms with Gasteiger partial charge < -0.3 is 10.4 Å². The minimum absolute atomic E-state index is 0.0225. The lowest BCUT2D eigenvalue weighted by molar-refractivity contribution is -0.137. The van der Waals surface area contributed by atoms with Crippen LogP contribution in [0.3, 0.4) is 0 Å². The van der Waals surface area contributed by atoms with Crippen LogP contribution in [0, 0.1) is 0 Å². The van der Waals surface area contributed by atoms with E-state index in [1.165, 1.54) is 41.8 Å². The summed E-state index contributed by atoms with van der Waals surface area (Å²) in [6, 6.07) is 6.53. The highest BCUT2D eigenvalue weighted by atomic mass is 35.5. The number of nitrogens with one attached hydrogen (secondary N) is 1. The molecule has 0 unspecified atom stereocenters. The van der Waals surface area contributed by atoms with Crippen LogP contribution in [0.25, 0.3) is 11.3 Å². The maximum Gasteiger partial charge on any atom is 0.417 e. The molecule has 0 aliphatic rings. The van der Waals surface area contributed by atoms with Crippen LogP contribution in [0.5, 0.6) is 0 Å². The molecule has 0 radical (unpaired) electrons. The summed E-state index contributed by atoms with van der Waals surface area (Å²) in [4.78, 5) is 20.5. The third-order valence-corrected chi connectivity index (χ3v) is 5.59. The fourth-order valence-corrected chi connectivity index (χ4v) is 3.87. The summed E-state index contributed by atoms with van der Waals surface area (Å²) in [6.07, 6.45) is -3.16. The van der Waals surface area contributed by atoms with Gasteiger partial charge in [0.2, 0.25) is 0 Å². The first-order valence-electron chi connectivity index (χ1n) is 8.41. The number of carbonyl (C=O) groups is 1. The third kappa shape index (κ3) is 4.51. The number of aromatic nitrogens is 2. The minimum atomic E-state index is -4.59. The highest BCUT2D eigenvalue weighted by Crippen LogP contribution is 2.41. The first-order chi connectivity index (χ1) is 13.6. The maximum absolute atomic E-state index is 13.2. The number of pyridine rings is 1. The molecule has 0 spiro atoms. The van der Waals surface area contributed by atoms with E-state index in [0.29, 0.717) is 10.8 Å². The summed E-state index contributed by atoms with van der Waals surface area (Å²) in [5, 5.41) is 12.1. The van der Waals surface area contributed by atoms with E-state index in [2.05, 4.69) is 15.3 Å². The zero-order valence-corrected chi connectivity index (χ0v) is 16.8. The molecule has 3 aromatic rings. The van der Waals surface area contributed by atoms with Crippen molar-refractivity contribution in [2.45, 2.75) is 25.9 Å². The summed E-state index contributed by atoms with van der Waals surface area (Å²) in [5.41, 5.74) is -0.329. The van der Waals surface area contributed by atoms with Crippen molar-refractivity contribution in [3.63, 3.8) is 0 Å². The number of halogens is 4. The zero-order valence-electron chi connectivity index (χ0n) is 15.2. The molecule has 2 heterocycles. The van der Waals surface area contributed by atoms with Gasteiger partial charge in [0.1, 0.15) is 11.4 Å². The van der Waals surface area contributed by atoms with Crippen molar-refractivity contribution >= 4 is 39.9 Å². The van der Waals surface area contributed by atoms with E-state index in [1.54, 1.807) is 0 Å².